The Morgan fingerprint density at radius 1 is 1.04 bits per heavy atom. The van der Waals surface area contributed by atoms with E-state index in [1.165, 1.54) is 6.07 Å². The van der Waals surface area contributed by atoms with Crippen LogP contribution in [0.1, 0.15) is 62.5 Å². The zero-order valence-electron chi connectivity index (χ0n) is 16.6. The zero-order valence-corrected chi connectivity index (χ0v) is 16.6. The molecule has 1 aliphatic rings. The fourth-order valence-corrected chi connectivity index (χ4v) is 4.15. The number of allylic oxidation sites excluding steroid dienone is 1. The van der Waals surface area contributed by atoms with Crippen LogP contribution in [0.3, 0.4) is 0 Å². The molecule has 0 atom stereocenters. The molecule has 1 aromatic carbocycles. The van der Waals surface area contributed by atoms with Crippen LogP contribution in [0.5, 0.6) is 0 Å². The van der Waals surface area contributed by atoms with Gasteiger partial charge in [-0.3, -0.25) is 9.59 Å². The number of fused-ring (bicyclic) bond motifs is 1. The van der Waals surface area contributed by atoms with E-state index in [-0.39, 0.29) is 22.5 Å². The van der Waals surface area contributed by atoms with Crippen molar-refractivity contribution >= 4 is 11.5 Å². The van der Waals surface area contributed by atoms with Crippen LogP contribution < -0.4 is 5.43 Å². The maximum atomic E-state index is 13.2. The smallest absolute Gasteiger partial charge is 0.196 e. The van der Waals surface area contributed by atoms with Gasteiger partial charge in [0.15, 0.2) is 11.2 Å². The van der Waals surface area contributed by atoms with Gasteiger partial charge < -0.3 is 9.52 Å². The number of ketones is 1. The van der Waals surface area contributed by atoms with Crippen LogP contribution in [-0.4, -0.2) is 10.9 Å². The average Bonchev–Trinajstić information content (AvgIpc) is 2.62. The highest BCUT2D eigenvalue weighted by Gasteiger charge is 2.48. The van der Waals surface area contributed by atoms with Gasteiger partial charge in [-0.25, -0.2) is 0 Å². The first kappa shape index (κ1) is 19.2. The summed E-state index contributed by atoms with van der Waals surface area (Å²) < 4.78 is 6.20. The summed E-state index contributed by atoms with van der Waals surface area (Å²) in [6.07, 6.45) is 1.39. The number of aryl methyl sites for hydroxylation is 2. The second-order valence-electron chi connectivity index (χ2n) is 7.30. The Labute approximate surface area is 159 Å². The van der Waals surface area contributed by atoms with E-state index in [1.54, 1.807) is 0 Å². The van der Waals surface area contributed by atoms with Gasteiger partial charge >= 0.3 is 0 Å². The molecule has 4 heteroatoms. The van der Waals surface area contributed by atoms with Crippen LogP contribution in [-0.2, 0) is 10.2 Å². The molecule has 0 saturated heterocycles. The molecule has 1 N–H and O–H groups in total. The molecule has 4 nitrogen and oxygen atoms in total. The highest BCUT2D eigenvalue weighted by molar-refractivity contribution is 6.10. The maximum Gasteiger partial charge on any atom is 0.196 e. The number of carbonyl (C=O) groups is 1. The number of aliphatic hydroxyl groups excluding tert-OH is 1. The molecular formula is C23H26O4. The second kappa shape index (κ2) is 6.84. The zero-order chi connectivity index (χ0) is 19.9. The van der Waals surface area contributed by atoms with Gasteiger partial charge in [-0.1, -0.05) is 44.5 Å². The third-order valence-electron chi connectivity index (χ3n) is 5.82. The van der Waals surface area contributed by atoms with E-state index >= 15 is 0 Å². The van der Waals surface area contributed by atoms with Gasteiger partial charge in [0.25, 0.3) is 0 Å². The molecule has 2 aromatic rings. The normalized spacial score (nSPS) is 15.8. The van der Waals surface area contributed by atoms with Crippen molar-refractivity contribution in [1.29, 1.82) is 0 Å². The van der Waals surface area contributed by atoms with Crippen LogP contribution in [0.4, 0.5) is 0 Å². The Morgan fingerprint density at radius 3 is 2.26 bits per heavy atom. The topological polar surface area (TPSA) is 67.5 Å². The number of hydrogen-bond acceptors (Lipinski definition) is 4. The minimum atomic E-state index is -0.916. The Kier molecular flexibility index (Phi) is 4.85. The number of Topliss-reactive ketones (excluding diaryl/α,β-unsaturated/α-hetero) is 1. The molecule has 1 heterocycles. The largest absolute Gasteiger partial charge is 0.507 e. The van der Waals surface area contributed by atoms with Crippen molar-refractivity contribution in [3.63, 3.8) is 0 Å². The second-order valence-corrected chi connectivity index (χ2v) is 7.30. The molecule has 0 saturated carbocycles. The lowest BCUT2D eigenvalue weighted by molar-refractivity contribution is -0.122. The standard InChI is InChI=1S/C23H26O4/c1-6-15-20(25)19-17(24)12-18(16-10-9-13(4)11-14(16)5)27-22(19)23(7-2,8-3)21(15)26/h9-12,25H,6-8H2,1-5H3. The quantitative estimate of drug-likeness (QED) is 0.803. The Bertz CT molecular complexity index is 1000. The first-order valence-corrected chi connectivity index (χ1v) is 9.54. The van der Waals surface area contributed by atoms with Crippen molar-refractivity contribution in [2.75, 3.05) is 0 Å². The molecule has 3 rings (SSSR count). The minimum Gasteiger partial charge on any atom is -0.507 e. The molecule has 142 valence electrons. The lowest BCUT2D eigenvalue weighted by atomic mass is 9.68. The molecule has 0 spiro atoms. The number of rotatable bonds is 4. The molecule has 1 aliphatic carbocycles. The predicted octanol–water partition coefficient (Wildman–Crippen LogP) is 5.24. The van der Waals surface area contributed by atoms with Crippen LogP contribution in [0, 0.1) is 13.8 Å². The minimum absolute atomic E-state index is 0.138. The van der Waals surface area contributed by atoms with Gasteiger partial charge in [0.1, 0.15) is 22.8 Å². The summed E-state index contributed by atoms with van der Waals surface area (Å²) in [5.74, 6) is 0.370. The van der Waals surface area contributed by atoms with Crippen molar-refractivity contribution < 1.29 is 14.3 Å². The lowest BCUT2D eigenvalue weighted by Gasteiger charge is -2.35. The number of carbonyl (C=O) groups excluding carboxylic acids is 1. The highest BCUT2D eigenvalue weighted by Crippen LogP contribution is 2.44. The van der Waals surface area contributed by atoms with Crippen molar-refractivity contribution in [1.82, 2.24) is 0 Å². The monoisotopic (exact) mass is 366 g/mol. The molecule has 1 aromatic heterocycles. The van der Waals surface area contributed by atoms with Crippen LogP contribution >= 0.6 is 0 Å². The van der Waals surface area contributed by atoms with Gasteiger partial charge in [-0.05, 0) is 38.7 Å². The van der Waals surface area contributed by atoms with Gasteiger partial charge in [-0.15, -0.1) is 0 Å². The first-order chi connectivity index (χ1) is 12.8. The molecule has 0 fully saturated rings. The fourth-order valence-electron chi connectivity index (χ4n) is 4.15. The summed E-state index contributed by atoms with van der Waals surface area (Å²) in [4.78, 5) is 26.2. The number of benzene rings is 1. The van der Waals surface area contributed by atoms with E-state index in [0.29, 0.717) is 36.4 Å². The third-order valence-corrected chi connectivity index (χ3v) is 5.82. The highest BCUT2D eigenvalue weighted by atomic mass is 16.3. The first-order valence-electron chi connectivity index (χ1n) is 9.54. The van der Waals surface area contributed by atoms with Crippen molar-refractivity contribution in [3.8, 4) is 11.3 Å². The van der Waals surface area contributed by atoms with Gasteiger partial charge in [0, 0.05) is 17.2 Å². The molecule has 0 radical (unpaired) electrons. The molecular weight excluding hydrogens is 340 g/mol. The van der Waals surface area contributed by atoms with Gasteiger partial charge in [0.05, 0.1) is 5.41 Å². The van der Waals surface area contributed by atoms with E-state index in [0.717, 1.165) is 16.7 Å². The Morgan fingerprint density at radius 2 is 1.70 bits per heavy atom. The molecule has 0 unspecified atom stereocenters. The van der Waals surface area contributed by atoms with Crippen LogP contribution in [0.25, 0.3) is 17.1 Å². The summed E-state index contributed by atoms with van der Waals surface area (Å²) in [7, 11) is 0. The summed E-state index contributed by atoms with van der Waals surface area (Å²) in [5, 5.41) is 10.6. The third kappa shape index (κ3) is 2.75. The number of hydrogen-bond donors (Lipinski definition) is 1. The molecule has 27 heavy (non-hydrogen) atoms. The average molecular weight is 366 g/mol. The van der Waals surface area contributed by atoms with Crippen LogP contribution in [0.15, 0.2) is 39.1 Å². The van der Waals surface area contributed by atoms with Crippen molar-refractivity contribution in [2.45, 2.75) is 59.3 Å². The molecule has 0 bridgehead atoms. The molecule has 0 amide bonds. The Hall–Kier alpha value is -2.62. The van der Waals surface area contributed by atoms with Gasteiger partial charge in [-0.2, -0.15) is 0 Å². The van der Waals surface area contributed by atoms with Gasteiger partial charge in [0.2, 0.25) is 0 Å². The van der Waals surface area contributed by atoms with E-state index in [1.807, 2.05) is 52.8 Å². The number of aliphatic hydroxyl groups is 1. The van der Waals surface area contributed by atoms with E-state index in [2.05, 4.69) is 0 Å². The van der Waals surface area contributed by atoms with Crippen molar-refractivity contribution in [2.24, 2.45) is 0 Å². The fraction of sp³-hybridized carbons (Fsp3) is 0.391. The molecule has 0 aliphatic heterocycles. The van der Waals surface area contributed by atoms with Crippen molar-refractivity contribution in [3.05, 3.63) is 62.5 Å². The summed E-state index contributed by atoms with van der Waals surface area (Å²) >= 11 is 0. The van der Waals surface area contributed by atoms with E-state index in [9.17, 15) is 14.7 Å². The van der Waals surface area contributed by atoms with E-state index in [4.69, 9.17) is 4.42 Å². The lowest BCUT2D eigenvalue weighted by Crippen LogP contribution is -2.41. The predicted molar refractivity (Wildman–Crippen MR) is 107 cm³/mol. The SMILES string of the molecule is CCC1=C(O)c2c(oc(-c3ccc(C)cc3C)cc2=O)C(CC)(CC)C1=O. The summed E-state index contributed by atoms with van der Waals surface area (Å²) in [6.45, 7) is 9.63. The maximum absolute atomic E-state index is 13.2. The Balaban J connectivity index is 2.38. The summed E-state index contributed by atoms with van der Waals surface area (Å²) in [6, 6.07) is 7.34. The van der Waals surface area contributed by atoms with Crippen LogP contribution in [0.2, 0.25) is 0 Å². The summed E-state index contributed by atoms with van der Waals surface area (Å²) in [5.41, 5.74) is 2.17. The van der Waals surface area contributed by atoms with E-state index < -0.39 is 5.41 Å².